The van der Waals surface area contributed by atoms with Crippen molar-refractivity contribution in [2.24, 2.45) is 29.1 Å². The summed E-state index contributed by atoms with van der Waals surface area (Å²) >= 11 is 0. The van der Waals surface area contributed by atoms with Crippen LogP contribution in [-0.2, 0) is 4.79 Å². The first-order valence-electron chi connectivity index (χ1n) is 13.1. The standard InChI is InChI=1S/C29H41NO3/c1-28-18-25(19-5-8-21(9-6-19)30(2)3)27-23-12-10-22(32)17-20(23)7-11-24(27)26(28)13-15-29(28,33)14-4-16-31/h5,8-9,17,19,24-26,31,33H,4,6-7,10-16,18H2,1-3H3/t19?,24-,25+,26-,28+,29+/m0/s1. The Morgan fingerprint density at radius 1 is 1.15 bits per heavy atom. The van der Waals surface area contributed by atoms with Gasteiger partial charge in [-0.05, 0) is 105 Å². The number of aliphatic hydroxyl groups excluding tert-OH is 1. The lowest BCUT2D eigenvalue weighted by atomic mass is 9.49. The Hall–Kier alpha value is -1.65. The fraction of sp³-hybridized carbons (Fsp3) is 0.690. The van der Waals surface area contributed by atoms with Crippen molar-refractivity contribution in [2.75, 3.05) is 20.7 Å². The van der Waals surface area contributed by atoms with E-state index >= 15 is 0 Å². The maximum Gasteiger partial charge on any atom is 0.156 e. The topological polar surface area (TPSA) is 60.8 Å². The Balaban J connectivity index is 1.57. The lowest BCUT2D eigenvalue weighted by Crippen LogP contribution is -2.53. The van der Waals surface area contributed by atoms with Crippen LogP contribution >= 0.6 is 0 Å². The van der Waals surface area contributed by atoms with Gasteiger partial charge < -0.3 is 15.1 Å². The van der Waals surface area contributed by atoms with E-state index in [1.54, 1.807) is 5.57 Å². The average molecular weight is 452 g/mol. The van der Waals surface area contributed by atoms with E-state index in [4.69, 9.17) is 0 Å². The van der Waals surface area contributed by atoms with E-state index in [0.29, 0.717) is 48.7 Å². The smallest absolute Gasteiger partial charge is 0.156 e. The number of carbonyl (C=O) groups excluding carboxylic acids is 1. The number of hydrogen-bond acceptors (Lipinski definition) is 4. The summed E-state index contributed by atoms with van der Waals surface area (Å²) in [6.07, 6.45) is 18.0. The van der Waals surface area contributed by atoms with Crippen LogP contribution in [0.2, 0.25) is 0 Å². The number of fused-ring (bicyclic) bond motifs is 4. The molecule has 33 heavy (non-hydrogen) atoms. The maximum atomic E-state index is 12.2. The molecule has 4 nitrogen and oxygen atoms in total. The molecule has 1 unspecified atom stereocenters. The van der Waals surface area contributed by atoms with E-state index in [0.717, 1.165) is 44.9 Å². The number of nitrogens with zero attached hydrogens (tertiary/aromatic N) is 1. The minimum absolute atomic E-state index is 0.118. The van der Waals surface area contributed by atoms with Gasteiger partial charge in [0.25, 0.3) is 0 Å². The van der Waals surface area contributed by atoms with Gasteiger partial charge in [0.15, 0.2) is 5.78 Å². The van der Waals surface area contributed by atoms with Crippen LogP contribution in [0.15, 0.2) is 46.7 Å². The van der Waals surface area contributed by atoms with Gasteiger partial charge >= 0.3 is 0 Å². The summed E-state index contributed by atoms with van der Waals surface area (Å²) in [5, 5.41) is 21.5. The van der Waals surface area contributed by atoms with Crippen molar-refractivity contribution in [3.05, 3.63) is 46.7 Å². The molecule has 2 fully saturated rings. The highest BCUT2D eigenvalue weighted by Gasteiger charge is 2.62. The molecule has 0 radical (unpaired) electrons. The average Bonchev–Trinajstić information content (AvgIpc) is 3.07. The number of aliphatic hydroxyl groups is 2. The van der Waals surface area contributed by atoms with Crippen molar-refractivity contribution in [2.45, 2.75) is 76.7 Å². The largest absolute Gasteiger partial charge is 0.396 e. The van der Waals surface area contributed by atoms with Crippen molar-refractivity contribution in [3.63, 3.8) is 0 Å². The predicted octanol–water partition coefficient (Wildman–Crippen LogP) is 4.94. The van der Waals surface area contributed by atoms with Crippen molar-refractivity contribution < 1.29 is 15.0 Å². The van der Waals surface area contributed by atoms with Gasteiger partial charge in [0, 0.05) is 38.2 Å². The molecular formula is C29H41NO3. The SMILES string of the molecule is CN(C)C1=CCC([C@H]2C[C@]3(C)[C@@H](CC[C@]3(O)CCCO)[C@@H]3CCC4=CC(=O)CCC4=C32)C=C1. The van der Waals surface area contributed by atoms with Crippen LogP contribution < -0.4 is 0 Å². The van der Waals surface area contributed by atoms with Gasteiger partial charge in [0.1, 0.15) is 0 Å². The summed E-state index contributed by atoms with van der Waals surface area (Å²) in [5.74, 6) is 2.17. The third kappa shape index (κ3) is 3.69. The van der Waals surface area contributed by atoms with Gasteiger partial charge in [-0.3, -0.25) is 4.79 Å². The highest BCUT2D eigenvalue weighted by atomic mass is 16.3. The van der Waals surface area contributed by atoms with E-state index in [-0.39, 0.29) is 12.0 Å². The molecule has 4 heteroatoms. The Morgan fingerprint density at radius 3 is 2.67 bits per heavy atom. The second kappa shape index (κ2) is 8.53. The summed E-state index contributed by atoms with van der Waals surface area (Å²) in [6.45, 7) is 2.51. The van der Waals surface area contributed by atoms with Crippen molar-refractivity contribution in [1.29, 1.82) is 0 Å². The van der Waals surface area contributed by atoms with Gasteiger partial charge in [-0.15, -0.1) is 0 Å². The highest BCUT2D eigenvalue weighted by molar-refractivity contribution is 5.93. The van der Waals surface area contributed by atoms with Crippen LogP contribution in [0.5, 0.6) is 0 Å². The quantitative estimate of drug-likeness (QED) is 0.621. The fourth-order valence-electron chi connectivity index (χ4n) is 8.24. The molecule has 180 valence electrons. The van der Waals surface area contributed by atoms with Gasteiger partial charge in [-0.1, -0.05) is 24.6 Å². The molecule has 0 spiro atoms. The second-order valence-corrected chi connectivity index (χ2v) is 11.7. The van der Waals surface area contributed by atoms with Crippen LogP contribution in [0.25, 0.3) is 0 Å². The summed E-state index contributed by atoms with van der Waals surface area (Å²) < 4.78 is 0. The lowest BCUT2D eigenvalue weighted by Gasteiger charge is -2.56. The zero-order valence-corrected chi connectivity index (χ0v) is 20.6. The number of hydrogen-bond donors (Lipinski definition) is 2. The highest BCUT2D eigenvalue weighted by Crippen LogP contribution is 2.67. The van der Waals surface area contributed by atoms with Crippen molar-refractivity contribution >= 4 is 5.78 Å². The molecule has 5 aliphatic carbocycles. The number of likely N-dealkylation sites (N-methyl/N-ethyl adjacent to an activating group) is 1. The molecule has 5 rings (SSSR count). The molecule has 0 aromatic heterocycles. The Kier molecular flexibility index (Phi) is 5.98. The monoisotopic (exact) mass is 451 g/mol. The summed E-state index contributed by atoms with van der Waals surface area (Å²) in [6, 6.07) is 0. The fourth-order valence-corrected chi connectivity index (χ4v) is 8.24. The Bertz CT molecular complexity index is 941. The first-order chi connectivity index (χ1) is 15.8. The van der Waals surface area contributed by atoms with Gasteiger partial charge in [-0.2, -0.15) is 0 Å². The molecule has 0 aromatic carbocycles. The van der Waals surface area contributed by atoms with Crippen molar-refractivity contribution in [3.8, 4) is 0 Å². The molecular weight excluding hydrogens is 410 g/mol. The third-order valence-corrected chi connectivity index (χ3v) is 9.99. The van der Waals surface area contributed by atoms with Crippen LogP contribution in [-0.4, -0.2) is 47.2 Å². The van der Waals surface area contributed by atoms with Crippen LogP contribution in [0.3, 0.4) is 0 Å². The van der Waals surface area contributed by atoms with E-state index in [2.05, 4.69) is 44.1 Å². The molecule has 0 saturated heterocycles. The lowest BCUT2D eigenvalue weighted by molar-refractivity contribution is -0.115. The molecule has 0 amide bonds. The molecule has 0 bridgehead atoms. The first kappa shape index (κ1) is 23.1. The molecule has 2 saturated carbocycles. The minimum atomic E-state index is -0.684. The minimum Gasteiger partial charge on any atom is -0.396 e. The number of allylic oxidation sites excluding steroid dienone is 7. The predicted molar refractivity (Wildman–Crippen MR) is 131 cm³/mol. The summed E-state index contributed by atoms with van der Waals surface area (Å²) in [7, 11) is 4.20. The van der Waals surface area contributed by atoms with Crippen molar-refractivity contribution in [1.82, 2.24) is 4.90 Å². The molecule has 2 N–H and O–H groups in total. The van der Waals surface area contributed by atoms with Gasteiger partial charge in [0.05, 0.1) is 5.60 Å². The summed E-state index contributed by atoms with van der Waals surface area (Å²) in [5.41, 5.74) is 4.92. The van der Waals surface area contributed by atoms with E-state index in [9.17, 15) is 15.0 Å². The molecule has 5 aliphatic rings. The Morgan fingerprint density at radius 2 is 1.97 bits per heavy atom. The van der Waals surface area contributed by atoms with Crippen LogP contribution in [0.4, 0.5) is 0 Å². The zero-order valence-electron chi connectivity index (χ0n) is 20.6. The number of carbonyl (C=O) groups is 1. The van der Waals surface area contributed by atoms with Crippen LogP contribution in [0, 0.1) is 29.1 Å². The number of rotatable bonds is 5. The molecule has 0 heterocycles. The van der Waals surface area contributed by atoms with E-state index < -0.39 is 5.60 Å². The maximum absolute atomic E-state index is 12.2. The summed E-state index contributed by atoms with van der Waals surface area (Å²) in [4.78, 5) is 14.4. The molecule has 6 atom stereocenters. The van der Waals surface area contributed by atoms with E-state index in [1.807, 2.05) is 6.08 Å². The van der Waals surface area contributed by atoms with Gasteiger partial charge in [-0.25, -0.2) is 0 Å². The third-order valence-electron chi connectivity index (χ3n) is 9.99. The van der Waals surface area contributed by atoms with E-state index in [1.165, 1.54) is 16.8 Å². The molecule has 0 aromatic rings. The molecule has 0 aliphatic heterocycles. The second-order valence-electron chi connectivity index (χ2n) is 11.7. The normalized spacial score (nSPS) is 40.1. The van der Waals surface area contributed by atoms with Crippen LogP contribution in [0.1, 0.15) is 71.1 Å². The van der Waals surface area contributed by atoms with Gasteiger partial charge in [0.2, 0.25) is 0 Å². The first-order valence-corrected chi connectivity index (χ1v) is 13.1. The Labute approximate surface area is 199 Å². The number of ketones is 1. The zero-order chi connectivity index (χ0) is 23.4.